The molecule has 0 radical (unpaired) electrons. The Morgan fingerprint density at radius 1 is 1.07 bits per heavy atom. The van der Waals surface area contributed by atoms with Gasteiger partial charge in [0, 0.05) is 39.8 Å². The lowest BCUT2D eigenvalue weighted by molar-refractivity contribution is -0.151. The van der Waals surface area contributed by atoms with Gasteiger partial charge in [0.05, 0.1) is 7.11 Å². The van der Waals surface area contributed by atoms with Crippen LogP contribution in [0, 0.1) is 0 Å². The fourth-order valence-corrected chi connectivity index (χ4v) is 3.90. The van der Waals surface area contributed by atoms with E-state index in [1.807, 2.05) is 18.0 Å². The molecule has 7 nitrogen and oxygen atoms in total. The van der Waals surface area contributed by atoms with Gasteiger partial charge in [-0.05, 0) is 43.1 Å². The van der Waals surface area contributed by atoms with E-state index in [1.54, 1.807) is 12.0 Å². The van der Waals surface area contributed by atoms with Crippen molar-refractivity contribution in [2.24, 2.45) is 0 Å². The summed E-state index contributed by atoms with van der Waals surface area (Å²) in [6.07, 6.45) is 1.62. The number of rotatable bonds is 4. The Balaban J connectivity index is 1.73. The van der Waals surface area contributed by atoms with Crippen molar-refractivity contribution >= 4 is 11.8 Å². The van der Waals surface area contributed by atoms with Crippen LogP contribution in [0.5, 0.6) is 5.75 Å². The van der Waals surface area contributed by atoms with E-state index < -0.39 is 6.04 Å². The fraction of sp³-hybridized carbons (Fsp3) is 0.600. The van der Waals surface area contributed by atoms with Crippen LogP contribution in [-0.2, 0) is 27.2 Å². The first-order chi connectivity index (χ1) is 13.0. The molecule has 1 atom stereocenters. The van der Waals surface area contributed by atoms with Crippen LogP contribution in [0.3, 0.4) is 0 Å². The molecule has 0 spiro atoms. The normalized spacial score (nSPS) is 20.8. The fourth-order valence-electron chi connectivity index (χ4n) is 3.90. The number of ether oxygens (including phenoxy) is 2. The number of hydrogen-bond acceptors (Lipinski definition) is 5. The molecule has 1 fully saturated rings. The maximum Gasteiger partial charge on any atom is 0.249 e. The molecule has 0 bridgehead atoms. The molecular weight excluding hydrogens is 346 g/mol. The van der Waals surface area contributed by atoms with Crippen LogP contribution >= 0.6 is 0 Å². The Labute approximate surface area is 160 Å². The van der Waals surface area contributed by atoms with E-state index in [2.05, 4.69) is 17.0 Å². The summed E-state index contributed by atoms with van der Waals surface area (Å²) in [5.41, 5.74) is 2.50. The van der Waals surface area contributed by atoms with Gasteiger partial charge in [-0.3, -0.25) is 9.59 Å². The Hall–Kier alpha value is -2.12. The molecule has 3 rings (SSSR count). The summed E-state index contributed by atoms with van der Waals surface area (Å²) < 4.78 is 10.3. The molecule has 0 unspecified atom stereocenters. The zero-order valence-electron chi connectivity index (χ0n) is 16.4. The van der Waals surface area contributed by atoms with Crippen molar-refractivity contribution in [3.8, 4) is 5.75 Å². The monoisotopic (exact) mass is 375 g/mol. The highest BCUT2D eigenvalue weighted by Gasteiger charge is 2.36. The molecule has 1 aromatic carbocycles. The third-order valence-electron chi connectivity index (χ3n) is 5.48. The Kier molecular flexibility index (Phi) is 6.34. The minimum Gasteiger partial charge on any atom is -0.497 e. The van der Waals surface area contributed by atoms with E-state index in [1.165, 1.54) is 18.2 Å². The van der Waals surface area contributed by atoms with E-state index in [0.29, 0.717) is 26.2 Å². The van der Waals surface area contributed by atoms with Gasteiger partial charge in [0.25, 0.3) is 0 Å². The third kappa shape index (κ3) is 4.42. The second-order valence-electron chi connectivity index (χ2n) is 7.26. The van der Waals surface area contributed by atoms with Gasteiger partial charge >= 0.3 is 0 Å². The summed E-state index contributed by atoms with van der Waals surface area (Å²) >= 11 is 0. The highest BCUT2D eigenvalue weighted by Crippen LogP contribution is 2.23. The van der Waals surface area contributed by atoms with Gasteiger partial charge in [-0.15, -0.1) is 0 Å². The summed E-state index contributed by atoms with van der Waals surface area (Å²) in [5, 5.41) is 0. The lowest BCUT2D eigenvalue weighted by Crippen LogP contribution is -2.61. The first-order valence-electron chi connectivity index (χ1n) is 9.45. The molecule has 0 saturated carbocycles. The summed E-state index contributed by atoms with van der Waals surface area (Å²) in [4.78, 5) is 31.4. The van der Waals surface area contributed by atoms with E-state index in [0.717, 1.165) is 25.1 Å². The van der Waals surface area contributed by atoms with Crippen molar-refractivity contribution in [2.75, 3.05) is 60.6 Å². The molecule has 1 saturated heterocycles. The maximum absolute atomic E-state index is 13.3. The number of likely N-dealkylation sites (N-methyl/N-ethyl adjacent to an activating group) is 1. The maximum atomic E-state index is 13.3. The van der Waals surface area contributed by atoms with Crippen molar-refractivity contribution in [1.82, 2.24) is 14.7 Å². The molecule has 1 aromatic rings. The van der Waals surface area contributed by atoms with Gasteiger partial charge in [-0.25, -0.2) is 0 Å². The number of methoxy groups -OCH3 is 2. The molecule has 27 heavy (non-hydrogen) atoms. The van der Waals surface area contributed by atoms with Crippen molar-refractivity contribution < 1.29 is 19.1 Å². The van der Waals surface area contributed by atoms with Crippen LogP contribution in [0.4, 0.5) is 0 Å². The van der Waals surface area contributed by atoms with Crippen LogP contribution < -0.4 is 4.74 Å². The predicted molar refractivity (Wildman–Crippen MR) is 102 cm³/mol. The largest absolute Gasteiger partial charge is 0.497 e. The Morgan fingerprint density at radius 3 is 2.52 bits per heavy atom. The molecule has 148 valence electrons. The van der Waals surface area contributed by atoms with Crippen LogP contribution in [0.15, 0.2) is 18.2 Å². The van der Waals surface area contributed by atoms with E-state index in [4.69, 9.17) is 9.47 Å². The van der Waals surface area contributed by atoms with Crippen molar-refractivity contribution in [3.63, 3.8) is 0 Å². The zero-order chi connectivity index (χ0) is 19.4. The summed E-state index contributed by atoms with van der Waals surface area (Å²) in [5.74, 6) is 0.760. The van der Waals surface area contributed by atoms with Gasteiger partial charge in [0.1, 0.15) is 18.4 Å². The summed E-state index contributed by atoms with van der Waals surface area (Å²) in [6.45, 7) is 3.23. The Morgan fingerprint density at radius 2 is 1.81 bits per heavy atom. The van der Waals surface area contributed by atoms with Crippen LogP contribution in [0.25, 0.3) is 0 Å². The SMILES string of the molecule is COCC(=O)N1CCN(C)C[C@@H]1C(=O)N1CCc2ccc(OC)cc2CC1. The van der Waals surface area contributed by atoms with Crippen LogP contribution in [-0.4, -0.2) is 93.2 Å². The minimum atomic E-state index is -0.442. The second kappa shape index (κ2) is 8.71. The molecular formula is C20H29N3O4. The first kappa shape index (κ1) is 19.6. The molecule has 0 N–H and O–H groups in total. The lowest BCUT2D eigenvalue weighted by Gasteiger charge is -2.41. The topological polar surface area (TPSA) is 62.3 Å². The standard InChI is InChI=1S/C20H29N3O4/c1-21-10-11-23(19(24)14-26-2)18(13-21)20(25)22-8-6-15-4-5-17(27-3)12-16(15)7-9-22/h4-5,12,18H,6-11,13-14H2,1-3H3/t18-/m1/s1. The first-order valence-corrected chi connectivity index (χ1v) is 9.45. The minimum absolute atomic E-state index is 0.0126. The number of benzene rings is 1. The van der Waals surface area contributed by atoms with Crippen molar-refractivity contribution in [2.45, 2.75) is 18.9 Å². The summed E-state index contributed by atoms with van der Waals surface area (Å²) in [6, 6.07) is 5.68. The molecule has 0 aliphatic carbocycles. The van der Waals surface area contributed by atoms with E-state index in [9.17, 15) is 9.59 Å². The average molecular weight is 375 g/mol. The van der Waals surface area contributed by atoms with Crippen LogP contribution in [0.1, 0.15) is 11.1 Å². The second-order valence-corrected chi connectivity index (χ2v) is 7.26. The molecule has 2 amide bonds. The van der Waals surface area contributed by atoms with E-state index in [-0.39, 0.29) is 18.4 Å². The number of hydrogen-bond donors (Lipinski definition) is 0. The molecule has 2 heterocycles. The number of carbonyl (C=O) groups excluding carboxylic acids is 2. The zero-order valence-corrected chi connectivity index (χ0v) is 16.4. The highest BCUT2D eigenvalue weighted by molar-refractivity contribution is 5.88. The van der Waals surface area contributed by atoms with Crippen molar-refractivity contribution in [1.29, 1.82) is 0 Å². The van der Waals surface area contributed by atoms with Gasteiger partial charge in [-0.2, -0.15) is 0 Å². The van der Waals surface area contributed by atoms with Gasteiger partial charge in [0.15, 0.2) is 0 Å². The van der Waals surface area contributed by atoms with Gasteiger partial charge in [-0.1, -0.05) is 6.07 Å². The highest BCUT2D eigenvalue weighted by atomic mass is 16.5. The average Bonchev–Trinajstić information content (AvgIpc) is 2.89. The van der Waals surface area contributed by atoms with Crippen LogP contribution in [0.2, 0.25) is 0 Å². The van der Waals surface area contributed by atoms with Gasteiger partial charge in [0.2, 0.25) is 11.8 Å². The van der Waals surface area contributed by atoms with E-state index >= 15 is 0 Å². The predicted octanol–water partition coefficient (Wildman–Crippen LogP) is 0.411. The number of carbonyl (C=O) groups is 2. The number of piperazine rings is 1. The van der Waals surface area contributed by atoms with Gasteiger partial charge < -0.3 is 24.2 Å². The molecule has 7 heteroatoms. The third-order valence-corrected chi connectivity index (χ3v) is 5.48. The number of fused-ring (bicyclic) bond motifs is 1. The lowest BCUT2D eigenvalue weighted by atomic mass is 10.0. The molecule has 2 aliphatic rings. The number of nitrogens with zero attached hydrogens (tertiary/aromatic N) is 3. The molecule has 0 aromatic heterocycles. The quantitative estimate of drug-likeness (QED) is 0.763. The smallest absolute Gasteiger partial charge is 0.249 e. The molecule has 2 aliphatic heterocycles. The Bertz CT molecular complexity index is 694. The van der Waals surface area contributed by atoms with Crippen molar-refractivity contribution in [3.05, 3.63) is 29.3 Å². The summed E-state index contributed by atoms with van der Waals surface area (Å²) in [7, 11) is 5.16. The number of amides is 2.